The van der Waals surface area contributed by atoms with Gasteiger partial charge in [-0.3, -0.25) is 0 Å². The summed E-state index contributed by atoms with van der Waals surface area (Å²) in [5.41, 5.74) is -0.0554. The highest BCUT2D eigenvalue weighted by Crippen LogP contribution is 2.25. The van der Waals surface area contributed by atoms with E-state index in [1.165, 1.54) is 24.4 Å². The third-order valence-corrected chi connectivity index (χ3v) is 2.80. The minimum Gasteiger partial charge on any atom is -0.473 e. The maximum atomic E-state index is 13.9. The van der Waals surface area contributed by atoms with Crippen molar-refractivity contribution in [1.82, 2.24) is 15.3 Å². The van der Waals surface area contributed by atoms with Gasteiger partial charge < -0.3 is 14.8 Å². The number of aliphatic hydroxyl groups is 1. The van der Waals surface area contributed by atoms with Gasteiger partial charge in [0.05, 0.1) is 0 Å². The van der Waals surface area contributed by atoms with Crippen molar-refractivity contribution in [3.63, 3.8) is 0 Å². The summed E-state index contributed by atoms with van der Waals surface area (Å²) in [7, 11) is 0. The Hall–Kier alpha value is -2.32. The SMILES string of the molecule is Cc1ccc(C(F)(F)NC(O)COc2cc[nH]c(=O)n2)cc1. The molecule has 0 bridgehead atoms. The number of nitrogens with zero attached hydrogens (tertiary/aromatic N) is 1. The molecule has 0 aliphatic carbocycles. The summed E-state index contributed by atoms with van der Waals surface area (Å²) in [6.45, 7) is 1.30. The lowest BCUT2D eigenvalue weighted by atomic mass is 10.1. The van der Waals surface area contributed by atoms with Crippen molar-refractivity contribution in [2.24, 2.45) is 0 Å². The van der Waals surface area contributed by atoms with Crippen molar-refractivity contribution in [3.05, 3.63) is 58.1 Å². The molecule has 6 nitrogen and oxygen atoms in total. The molecule has 8 heteroatoms. The third kappa shape index (κ3) is 4.34. The highest BCUT2D eigenvalue weighted by molar-refractivity contribution is 5.24. The van der Waals surface area contributed by atoms with E-state index in [0.29, 0.717) is 0 Å². The molecule has 0 saturated carbocycles. The van der Waals surface area contributed by atoms with Crippen molar-refractivity contribution in [3.8, 4) is 5.88 Å². The number of aryl methyl sites for hydroxylation is 1. The first kappa shape index (κ1) is 16.1. The molecule has 0 radical (unpaired) electrons. The van der Waals surface area contributed by atoms with Crippen LogP contribution in [-0.2, 0) is 6.05 Å². The molecular weight excluding hydrogens is 296 g/mol. The van der Waals surface area contributed by atoms with E-state index in [0.717, 1.165) is 5.56 Å². The number of aromatic nitrogens is 2. The second kappa shape index (κ2) is 6.63. The van der Waals surface area contributed by atoms with Crippen LogP contribution in [0.25, 0.3) is 0 Å². The standard InChI is InChI=1S/C14H15F2N3O3/c1-9-2-4-10(5-3-9)14(15,16)19-11(20)8-22-12-6-7-17-13(21)18-12/h2-7,11,19-20H,8H2,1H3,(H,17,18,21). The van der Waals surface area contributed by atoms with Gasteiger partial charge >= 0.3 is 11.7 Å². The molecule has 22 heavy (non-hydrogen) atoms. The molecule has 0 fully saturated rings. The zero-order valence-electron chi connectivity index (χ0n) is 11.7. The lowest BCUT2D eigenvalue weighted by Crippen LogP contribution is -2.44. The van der Waals surface area contributed by atoms with E-state index in [1.54, 1.807) is 24.4 Å². The molecule has 0 spiro atoms. The minimum atomic E-state index is -3.42. The molecule has 1 atom stereocenters. The normalized spacial score (nSPS) is 12.9. The Balaban J connectivity index is 1.94. The van der Waals surface area contributed by atoms with E-state index in [9.17, 15) is 18.7 Å². The van der Waals surface area contributed by atoms with Crippen molar-refractivity contribution in [2.75, 3.05) is 6.61 Å². The van der Waals surface area contributed by atoms with E-state index in [4.69, 9.17) is 4.74 Å². The van der Waals surface area contributed by atoms with Crippen LogP contribution in [0.3, 0.4) is 0 Å². The lowest BCUT2D eigenvalue weighted by molar-refractivity contribution is -0.0946. The fourth-order valence-electron chi connectivity index (χ4n) is 1.70. The molecule has 0 aliphatic heterocycles. The molecule has 0 aliphatic rings. The second-order valence-corrected chi connectivity index (χ2v) is 4.64. The van der Waals surface area contributed by atoms with Gasteiger partial charge in [0, 0.05) is 17.8 Å². The number of benzene rings is 1. The summed E-state index contributed by atoms with van der Waals surface area (Å²) >= 11 is 0. The summed E-state index contributed by atoms with van der Waals surface area (Å²) in [6.07, 6.45) is -0.344. The number of hydrogen-bond acceptors (Lipinski definition) is 5. The number of ether oxygens (including phenoxy) is 1. The van der Waals surface area contributed by atoms with E-state index in [1.807, 2.05) is 0 Å². The monoisotopic (exact) mass is 311 g/mol. The summed E-state index contributed by atoms with van der Waals surface area (Å²) in [5.74, 6) is -0.0664. The number of halogens is 2. The summed E-state index contributed by atoms with van der Waals surface area (Å²) in [4.78, 5) is 16.7. The molecule has 118 valence electrons. The van der Waals surface area contributed by atoms with Crippen LogP contribution in [0.15, 0.2) is 41.3 Å². The van der Waals surface area contributed by atoms with Gasteiger partial charge in [-0.25, -0.2) is 10.1 Å². The van der Waals surface area contributed by atoms with Crippen LogP contribution in [0.5, 0.6) is 5.88 Å². The largest absolute Gasteiger partial charge is 0.473 e. The number of H-pyrrole nitrogens is 1. The van der Waals surface area contributed by atoms with E-state index in [-0.39, 0.29) is 11.4 Å². The van der Waals surface area contributed by atoms with Gasteiger partial charge in [0.1, 0.15) is 12.8 Å². The molecule has 1 unspecified atom stereocenters. The zero-order valence-corrected chi connectivity index (χ0v) is 11.7. The third-order valence-electron chi connectivity index (χ3n) is 2.80. The van der Waals surface area contributed by atoms with Crippen LogP contribution < -0.4 is 15.7 Å². The number of aromatic amines is 1. The Morgan fingerprint density at radius 2 is 2.05 bits per heavy atom. The summed E-state index contributed by atoms with van der Waals surface area (Å²) < 4.78 is 32.8. The Morgan fingerprint density at radius 3 is 2.68 bits per heavy atom. The molecule has 1 aromatic carbocycles. The Kier molecular flexibility index (Phi) is 4.84. The van der Waals surface area contributed by atoms with Gasteiger partial charge in [-0.2, -0.15) is 13.8 Å². The lowest BCUT2D eigenvalue weighted by Gasteiger charge is -2.22. The first-order chi connectivity index (χ1) is 10.4. The average molecular weight is 311 g/mol. The van der Waals surface area contributed by atoms with Crippen LogP contribution in [0, 0.1) is 6.92 Å². The van der Waals surface area contributed by atoms with Crippen LogP contribution >= 0.6 is 0 Å². The molecule has 2 rings (SSSR count). The van der Waals surface area contributed by atoms with E-state index in [2.05, 4.69) is 9.97 Å². The van der Waals surface area contributed by atoms with E-state index < -0.39 is 24.6 Å². The van der Waals surface area contributed by atoms with Gasteiger partial charge in [0.25, 0.3) is 0 Å². The van der Waals surface area contributed by atoms with Crippen LogP contribution in [0.1, 0.15) is 11.1 Å². The molecule has 3 N–H and O–H groups in total. The number of hydrogen-bond donors (Lipinski definition) is 3. The molecule has 1 heterocycles. The molecule has 0 amide bonds. The number of rotatable bonds is 6. The fraction of sp³-hybridized carbons (Fsp3) is 0.286. The highest BCUT2D eigenvalue weighted by atomic mass is 19.3. The zero-order chi connectivity index (χ0) is 16.2. The Bertz CT molecular complexity index is 674. The Labute approximate surface area is 124 Å². The minimum absolute atomic E-state index is 0.0664. The van der Waals surface area contributed by atoms with Crippen LogP contribution in [0.2, 0.25) is 0 Å². The van der Waals surface area contributed by atoms with Crippen molar-refractivity contribution >= 4 is 0 Å². The maximum Gasteiger partial charge on any atom is 0.348 e. The second-order valence-electron chi connectivity index (χ2n) is 4.64. The molecular formula is C14H15F2N3O3. The smallest absolute Gasteiger partial charge is 0.348 e. The van der Waals surface area contributed by atoms with Crippen LogP contribution in [0.4, 0.5) is 8.78 Å². The fourth-order valence-corrected chi connectivity index (χ4v) is 1.70. The summed E-state index contributed by atoms with van der Waals surface area (Å²) in [6, 6.07) is 3.56. The number of nitrogens with one attached hydrogen (secondary N) is 2. The molecule has 2 aromatic rings. The number of aliphatic hydroxyl groups excluding tert-OH is 1. The highest BCUT2D eigenvalue weighted by Gasteiger charge is 2.33. The van der Waals surface area contributed by atoms with E-state index >= 15 is 0 Å². The molecule has 1 aromatic heterocycles. The average Bonchev–Trinajstić information content (AvgIpc) is 2.45. The predicted molar refractivity (Wildman–Crippen MR) is 74.6 cm³/mol. The van der Waals surface area contributed by atoms with Gasteiger partial charge in [-0.1, -0.05) is 29.8 Å². The van der Waals surface area contributed by atoms with Crippen molar-refractivity contribution < 1.29 is 18.6 Å². The van der Waals surface area contributed by atoms with Crippen molar-refractivity contribution in [1.29, 1.82) is 0 Å². The van der Waals surface area contributed by atoms with Gasteiger partial charge in [-0.05, 0) is 6.92 Å². The number of alkyl halides is 2. The Morgan fingerprint density at radius 1 is 1.36 bits per heavy atom. The van der Waals surface area contributed by atoms with Gasteiger partial charge in [0.2, 0.25) is 5.88 Å². The van der Waals surface area contributed by atoms with Crippen LogP contribution in [-0.4, -0.2) is 27.9 Å². The topological polar surface area (TPSA) is 87.2 Å². The quantitative estimate of drug-likeness (QED) is 0.549. The van der Waals surface area contributed by atoms with Gasteiger partial charge in [0.15, 0.2) is 0 Å². The molecule has 0 saturated heterocycles. The maximum absolute atomic E-state index is 13.9. The predicted octanol–water partition coefficient (Wildman–Crippen LogP) is 1.11. The first-order valence-electron chi connectivity index (χ1n) is 6.46. The first-order valence-corrected chi connectivity index (χ1v) is 6.46. The summed E-state index contributed by atoms with van der Waals surface area (Å²) in [5, 5.41) is 11.4. The van der Waals surface area contributed by atoms with Gasteiger partial charge in [-0.15, -0.1) is 0 Å². The van der Waals surface area contributed by atoms with Crippen molar-refractivity contribution in [2.45, 2.75) is 19.2 Å².